The molecule has 1 aromatic carbocycles. The summed E-state index contributed by atoms with van der Waals surface area (Å²) >= 11 is 0. The second kappa shape index (κ2) is 6.52. The lowest BCUT2D eigenvalue weighted by Crippen LogP contribution is -2.16. The summed E-state index contributed by atoms with van der Waals surface area (Å²) in [6, 6.07) is 7.29. The van der Waals surface area contributed by atoms with Crippen LogP contribution in [0.25, 0.3) is 0 Å². The Morgan fingerprint density at radius 1 is 1.44 bits per heavy atom. The Morgan fingerprint density at radius 2 is 2.28 bits per heavy atom. The highest BCUT2D eigenvalue weighted by Crippen LogP contribution is 2.18. The summed E-state index contributed by atoms with van der Waals surface area (Å²) in [4.78, 5) is 11.8. The van der Waals surface area contributed by atoms with E-state index < -0.39 is 0 Å². The van der Waals surface area contributed by atoms with Gasteiger partial charge < -0.3 is 15.2 Å². The second-order valence-electron chi connectivity index (χ2n) is 4.54. The van der Waals surface area contributed by atoms with Crippen LogP contribution in [0.2, 0.25) is 0 Å². The SMILES string of the molecule is O=C(CCC1CCCO1)Nc1ccccc1CO. The molecule has 98 valence electrons. The van der Waals surface area contributed by atoms with Crippen LogP contribution in [-0.4, -0.2) is 23.7 Å². The fourth-order valence-electron chi connectivity index (χ4n) is 2.16. The molecule has 0 aromatic heterocycles. The van der Waals surface area contributed by atoms with Crippen molar-refractivity contribution in [3.63, 3.8) is 0 Å². The molecule has 1 amide bonds. The van der Waals surface area contributed by atoms with E-state index in [0.29, 0.717) is 12.1 Å². The molecule has 0 radical (unpaired) electrons. The zero-order valence-electron chi connectivity index (χ0n) is 10.4. The van der Waals surface area contributed by atoms with Crippen molar-refractivity contribution in [2.75, 3.05) is 11.9 Å². The van der Waals surface area contributed by atoms with Gasteiger partial charge in [0.2, 0.25) is 5.91 Å². The van der Waals surface area contributed by atoms with Crippen molar-refractivity contribution in [1.82, 2.24) is 0 Å². The maximum atomic E-state index is 11.8. The number of carbonyl (C=O) groups excluding carboxylic acids is 1. The van der Waals surface area contributed by atoms with Crippen molar-refractivity contribution in [3.8, 4) is 0 Å². The quantitative estimate of drug-likeness (QED) is 0.840. The fourth-order valence-corrected chi connectivity index (χ4v) is 2.16. The average Bonchev–Trinajstić information content (AvgIpc) is 2.90. The lowest BCUT2D eigenvalue weighted by atomic mass is 10.1. The molecule has 2 rings (SSSR count). The highest BCUT2D eigenvalue weighted by molar-refractivity contribution is 5.91. The van der Waals surface area contributed by atoms with Crippen molar-refractivity contribution in [3.05, 3.63) is 29.8 Å². The van der Waals surface area contributed by atoms with Crippen molar-refractivity contribution >= 4 is 11.6 Å². The second-order valence-corrected chi connectivity index (χ2v) is 4.54. The summed E-state index contributed by atoms with van der Waals surface area (Å²) in [6.07, 6.45) is 3.63. The number of aliphatic hydroxyl groups excluding tert-OH is 1. The predicted octanol–water partition coefficient (Wildman–Crippen LogP) is 2.08. The third kappa shape index (κ3) is 3.55. The maximum Gasteiger partial charge on any atom is 0.224 e. The highest BCUT2D eigenvalue weighted by atomic mass is 16.5. The first-order chi connectivity index (χ1) is 8.79. The maximum absolute atomic E-state index is 11.8. The van der Waals surface area contributed by atoms with Gasteiger partial charge in [-0.2, -0.15) is 0 Å². The van der Waals surface area contributed by atoms with Gasteiger partial charge in [0.25, 0.3) is 0 Å². The summed E-state index contributed by atoms with van der Waals surface area (Å²) in [5.41, 5.74) is 1.43. The van der Waals surface area contributed by atoms with E-state index in [-0.39, 0.29) is 18.6 Å². The molecule has 0 aliphatic carbocycles. The van der Waals surface area contributed by atoms with Gasteiger partial charge in [0.1, 0.15) is 0 Å². The Kier molecular flexibility index (Phi) is 4.73. The summed E-state index contributed by atoms with van der Waals surface area (Å²) in [6.45, 7) is 0.752. The summed E-state index contributed by atoms with van der Waals surface area (Å²) < 4.78 is 5.48. The molecule has 1 atom stereocenters. The Morgan fingerprint density at radius 3 is 3.00 bits per heavy atom. The van der Waals surface area contributed by atoms with E-state index in [0.717, 1.165) is 31.4 Å². The Labute approximate surface area is 107 Å². The number of aliphatic hydroxyl groups is 1. The molecule has 18 heavy (non-hydrogen) atoms. The molecule has 4 heteroatoms. The number of amides is 1. The molecule has 1 heterocycles. The minimum absolute atomic E-state index is 0.0219. The molecule has 1 aliphatic rings. The van der Waals surface area contributed by atoms with Crippen LogP contribution in [0.5, 0.6) is 0 Å². The minimum Gasteiger partial charge on any atom is -0.392 e. The van der Waals surface area contributed by atoms with Crippen LogP contribution in [-0.2, 0) is 16.1 Å². The molecule has 0 spiro atoms. The molecule has 1 unspecified atom stereocenters. The van der Waals surface area contributed by atoms with Crippen LogP contribution in [0.15, 0.2) is 24.3 Å². The molecule has 1 aliphatic heterocycles. The molecule has 1 saturated heterocycles. The lowest BCUT2D eigenvalue weighted by Gasteiger charge is -2.11. The van der Waals surface area contributed by atoms with Gasteiger partial charge in [-0.05, 0) is 25.3 Å². The van der Waals surface area contributed by atoms with Crippen LogP contribution in [0.1, 0.15) is 31.2 Å². The van der Waals surface area contributed by atoms with Gasteiger partial charge in [0.05, 0.1) is 12.7 Å². The van der Waals surface area contributed by atoms with E-state index in [1.165, 1.54) is 0 Å². The van der Waals surface area contributed by atoms with Gasteiger partial charge in [-0.15, -0.1) is 0 Å². The number of benzene rings is 1. The molecule has 4 nitrogen and oxygen atoms in total. The number of hydrogen-bond donors (Lipinski definition) is 2. The number of carbonyl (C=O) groups is 1. The first-order valence-corrected chi connectivity index (χ1v) is 6.40. The average molecular weight is 249 g/mol. The van der Waals surface area contributed by atoms with Crippen molar-refractivity contribution in [2.24, 2.45) is 0 Å². The smallest absolute Gasteiger partial charge is 0.224 e. The third-order valence-corrected chi connectivity index (χ3v) is 3.18. The van der Waals surface area contributed by atoms with E-state index >= 15 is 0 Å². The van der Waals surface area contributed by atoms with Gasteiger partial charge >= 0.3 is 0 Å². The van der Waals surface area contributed by atoms with Crippen molar-refractivity contribution < 1.29 is 14.6 Å². The Hall–Kier alpha value is -1.39. The van der Waals surface area contributed by atoms with E-state index in [1.54, 1.807) is 12.1 Å². The largest absolute Gasteiger partial charge is 0.392 e. The van der Waals surface area contributed by atoms with E-state index in [9.17, 15) is 4.79 Å². The van der Waals surface area contributed by atoms with E-state index in [2.05, 4.69) is 5.32 Å². The van der Waals surface area contributed by atoms with Crippen LogP contribution < -0.4 is 5.32 Å². The van der Waals surface area contributed by atoms with Gasteiger partial charge in [-0.1, -0.05) is 18.2 Å². The van der Waals surface area contributed by atoms with E-state index in [1.807, 2.05) is 12.1 Å². The zero-order chi connectivity index (χ0) is 12.8. The third-order valence-electron chi connectivity index (χ3n) is 3.18. The van der Waals surface area contributed by atoms with Gasteiger partial charge in [-0.25, -0.2) is 0 Å². The predicted molar refractivity (Wildman–Crippen MR) is 69.2 cm³/mol. The van der Waals surface area contributed by atoms with Gasteiger partial charge in [0, 0.05) is 24.3 Å². The topological polar surface area (TPSA) is 58.6 Å². The molecule has 2 N–H and O–H groups in total. The highest BCUT2D eigenvalue weighted by Gasteiger charge is 2.16. The Bertz CT molecular complexity index is 400. The summed E-state index contributed by atoms with van der Waals surface area (Å²) in [5.74, 6) is -0.0219. The monoisotopic (exact) mass is 249 g/mol. The molecular formula is C14H19NO3. The fraction of sp³-hybridized carbons (Fsp3) is 0.500. The minimum atomic E-state index is -0.0673. The molecule has 1 aromatic rings. The van der Waals surface area contributed by atoms with Crippen LogP contribution >= 0.6 is 0 Å². The molecular weight excluding hydrogens is 230 g/mol. The number of rotatable bonds is 5. The van der Waals surface area contributed by atoms with Crippen LogP contribution in [0.4, 0.5) is 5.69 Å². The van der Waals surface area contributed by atoms with Crippen LogP contribution in [0.3, 0.4) is 0 Å². The number of nitrogens with one attached hydrogen (secondary N) is 1. The summed E-state index contributed by atoms with van der Waals surface area (Å²) in [5, 5.41) is 12.0. The summed E-state index contributed by atoms with van der Waals surface area (Å²) in [7, 11) is 0. The van der Waals surface area contributed by atoms with E-state index in [4.69, 9.17) is 9.84 Å². The van der Waals surface area contributed by atoms with Gasteiger partial charge in [-0.3, -0.25) is 4.79 Å². The van der Waals surface area contributed by atoms with Gasteiger partial charge in [0.15, 0.2) is 0 Å². The molecule has 0 bridgehead atoms. The number of hydrogen-bond acceptors (Lipinski definition) is 3. The van der Waals surface area contributed by atoms with Crippen molar-refractivity contribution in [2.45, 2.75) is 38.4 Å². The Balaban J connectivity index is 1.82. The molecule has 0 saturated carbocycles. The molecule has 1 fully saturated rings. The van der Waals surface area contributed by atoms with Crippen molar-refractivity contribution in [1.29, 1.82) is 0 Å². The van der Waals surface area contributed by atoms with Crippen LogP contribution in [0, 0.1) is 0 Å². The number of para-hydroxylation sites is 1. The normalized spacial score (nSPS) is 18.8. The first kappa shape index (κ1) is 13.1. The standard InChI is InChI=1S/C14H19NO3/c16-10-11-4-1-2-6-13(11)15-14(17)8-7-12-5-3-9-18-12/h1-2,4,6,12,16H,3,5,7-10H2,(H,15,17). The number of ether oxygens (including phenoxy) is 1. The number of anilines is 1. The zero-order valence-corrected chi connectivity index (χ0v) is 10.4. The lowest BCUT2D eigenvalue weighted by molar-refractivity contribution is -0.116. The first-order valence-electron chi connectivity index (χ1n) is 6.40.